The Hall–Kier alpha value is -2.36. The summed E-state index contributed by atoms with van der Waals surface area (Å²) in [5.41, 5.74) is -1.46. The average Bonchev–Trinajstić information content (AvgIpc) is 2.66. The molecule has 1 aromatic carbocycles. The number of carbonyl (C=O) groups is 1. The van der Waals surface area contributed by atoms with E-state index in [-0.39, 0.29) is 23.6 Å². The molecule has 0 saturated carbocycles. The predicted octanol–water partition coefficient (Wildman–Crippen LogP) is 3.08. The maximum absolute atomic E-state index is 12.9. The fraction of sp³-hybridized carbons (Fsp3) is 0.611. The maximum Gasteiger partial charge on any atom is 0.416 e. The first-order chi connectivity index (χ1) is 13.2. The second kappa shape index (κ2) is 7.94. The van der Waals surface area contributed by atoms with Crippen molar-refractivity contribution in [1.82, 2.24) is 4.90 Å². The minimum atomic E-state index is -4.64. The van der Waals surface area contributed by atoms with E-state index in [0.29, 0.717) is 51.7 Å². The van der Waals surface area contributed by atoms with Crippen LogP contribution >= 0.6 is 0 Å². The van der Waals surface area contributed by atoms with Crippen molar-refractivity contribution in [2.75, 3.05) is 37.7 Å². The highest BCUT2D eigenvalue weighted by Crippen LogP contribution is 2.37. The summed E-state index contributed by atoms with van der Waals surface area (Å²) >= 11 is 0. The molecule has 7 nitrogen and oxygen atoms in total. The lowest BCUT2D eigenvalue weighted by molar-refractivity contribution is -0.384. The Labute approximate surface area is 160 Å². The van der Waals surface area contributed by atoms with Crippen LogP contribution in [0.25, 0.3) is 0 Å². The van der Waals surface area contributed by atoms with Crippen LogP contribution in [0.2, 0.25) is 0 Å². The van der Waals surface area contributed by atoms with Crippen LogP contribution in [0.4, 0.5) is 24.5 Å². The fourth-order valence-corrected chi connectivity index (χ4v) is 3.76. The molecule has 3 rings (SSSR count). The van der Waals surface area contributed by atoms with Gasteiger partial charge in [0.1, 0.15) is 5.69 Å². The first-order valence-electron chi connectivity index (χ1n) is 9.18. The number of nitro benzene ring substituents is 1. The zero-order chi connectivity index (χ0) is 20.5. The van der Waals surface area contributed by atoms with Crippen LogP contribution < -0.4 is 4.90 Å². The van der Waals surface area contributed by atoms with Crippen LogP contribution in [-0.2, 0) is 15.7 Å². The Balaban J connectivity index is 1.69. The van der Waals surface area contributed by atoms with Gasteiger partial charge in [-0.15, -0.1) is 0 Å². The lowest BCUT2D eigenvalue weighted by Crippen LogP contribution is -2.49. The number of halogens is 3. The van der Waals surface area contributed by atoms with Gasteiger partial charge in [-0.1, -0.05) is 0 Å². The van der Waals surface area contributed by atoms with Crippen molar-refractivity contribution < 1.29 is 27.6 Å². The highest BCUT2D eigenvalue weighted by Gasteiger charge is 2.35. The SMILES string of the molecule is CC1CN(C(=O)C2CCN(c3ccc(C(F)(F)F)cc3[N+](=O)[O-])CC2)CCO1. The van der Waals surface area contributed by atoms with Crippen LogP contribution in [0, 0.1) is 16.0 Å². The van der Waals surface area contributed by atoms with Gasteiger partial charge in [0.25, 0.3) is 5.69 Å². The number of benzene rings is 1. The van der Waals surface area contributed by atoms with E-state index >= 15 is 0 Å². The summed E-state index contributed by atoms with van der Waals surface area (Å²) < 4.78 is 44.0. The number of rotatable bonds is 3. The van der Waals surface area contributed by atoms with E-state index in [1.807, 2.05) is 6.92 Å². The van der Waals surface area contributed by atoms with E-state index in [1.54, 1.807) is 9.80 Å². The highest BCUT2D eigenvalue weighted by molar-refractivity contribution is 5.79. The molecule has 2 aliphatic heterocycles. The second-order valence-electron chi connectivity index (χ2n) is 7.19. The minimum Gasteiger partial charge on any atom is -0.375 e. The monoisotopic (exact) mass is 401 g/mol. The molecule has 2 fully saturated rings. The number of ether oxygens (including phenoxy) is 1. The molecular weight excluding hydrogens is 379 g/mol. The molecule has 1 unspecified atom stereocenters. The van der Waals surface area contributed by atoms with Gasteiger partial charge >= 0.3 is 6.18 Å². The van der Waals surface area contributed by atoms with Crippen molar-refractivity contribution in [3.05, 3.63) is 33.9 Å². The summed E-state index contributed by atoms with van der Waals surface area (Å²) in [5.74, 6) is -0.133. The summed E-state index contributed by atoms with van der Waals surface area (Å²) in [7, 11) is 0. The molecule has 0 N–H and O–H groups in total. The number of carbonyl (C=O) groups excluding carboxylic acids is 1. The molecule has 2 aliphatic rings. The van der Waals surface area contributed by atoms with Gasteiger partial charge < -0.3 is 14.5 Å². The van der Waals surface area contributed by atoms with Crippen LogP contribution in [0.5, 0.6) is 0 Å². The van der Waals surface area contributed by atoms with Gasteiger partial charge in [0.15, 0.2) is 0 Å². The Morgan fingerprint density at radius 3 is 2.50 bits per heavy atom. The van der Waals surface area contributed by atoms with Crippen LogP contribution in [0.15, 0.2) is 18.2 Å². The number of anilines is 1. The third-order valence-corrected chi connectivity index (χ3v) is 5.24. The first kappa shape index (κ1) is 20.4. The van der Waals surface area contributed by atoms with Crippen molar-refractivity contribution in [2.24, 2.45) is 5.92 Å². The second-order valence-corrected chi connectivity index (χ2v) is 7.19. The molecule has 1 atom stereocenters. The van der Waals surface area contributed by atoms with Gasteiger partial charge in [-0.3, -0.25) is 14.9 Å². The Bertz CT molecular complexity index is 748. The molecule has 1 aromatic rings. The highest BCUT2D eigenvalue weighted by atomic mass is 19.4. The number of amides is 1. The van der Waals surface area contributed by atoms with Crippen LogP contribution in [0.1, 0.15) is 25.3 Å². The summed E-state index contributed by atoms with van der Waals surface area (Å²) in [5, 5.41) is 11.3. The third-order valence-electron chi connectivity index (χ3n) is 5.24. The van der Waals surface area contributed by atoms with Crippen molar-refractivity contribution in [3.8, 4) is 0 Å². The molecule has 10 heteroatoms. The van der Waals surface area contributed by atoms with E-state index in [1.165, 1.54) is 0 Å². The third kappa shape index (κ3) is 4.37. The van der Waals surface area contributed by atoms with Gasteiger partial charge in [0.2, 0.25) is 5.91 Å². The zero-order valence-electron chi connectivity index (χ0n) is 15.4. The van der Waals surface area contributed by atoms with Gasteiger partial charge in [-0.05, 0) is 31.9 Å². The van der Waals surface area contributed by atoms with Gasteiger partial charge in [0.05, 0.1) is 23.2 Å². The van der Waals surface area contributed by atoms with Gasteiger partial charge in [-0.2, -0.15) is 13.2 Å². The predicted molar refractivity (Wildman–Crippen MR) is 95.0 cm³/mol. The summed E-state index contributed by atoms with van der Waals surface area (Å²) in [6.45, 7) is 4.26. The number of alkyl halides is 3. The molecule has 0 radical (unpaired) electrons. The number of hydrogen-bond acceptors (Lipinski definition) is 5. The van der Waals surface area contributed by atoms with Crippen LogP contribution in [0.3, 0.4) is 0 Å². The molecule has 2 saturated heterocycles. The molecule has 2 heterocycles. The zero-order valence-corrected chi connectivity index (χ0v) is 15.4. The summed E-state index contributed by atoms with van der Waals surface area (Å²) in [6, 6.07) is 2.57. The molecule has 154 valence electrons. The fourth-order valence-electron chi connectivity index (χ4n) is 3.76. The van der Waals surface area contributed by atoms with Crippen LogP contribution in [-0.4, -0.2) is 54.6 Å². The number of morpholine rings is 1. The topological polar surface area (TPSA) is 75.9 Å². The Kier molecular flexibility index (Phi) is 5.78. The largest absolute Gasteiger partial charge is 0.416 e. The molecular formula is C18H22F3N3O4. The normalized spacial score (nSPS) is 21.6. The van der Waals surface area contributed by atoms with Gasteiger partial charge in [0, 0.05) is 38.2 Å². The van der Waals surface area contributed by atoms with E-state index in [9.17, 15) is 28.1 Å². The molecule has 1 amide bonds. The Morgan fingerprint density at radius 2 is 1.93 bits per heavy atom. The average molecular weight is 401 g/mol. The number of piperidine rings is 1. The van der Waals surface area contributed by atoms with Crippen molar-refractivity contribution in [2.45, 2.75) is 32.0 Å². The van der Waals surface area contributed by atoms with E-state index in [2.05, 4.69) is 0 Å². The Morgan fingerprint density at radius 1 is 1.25 bits per heavy atom. The minimum absolute atomic E-state index is 0.00686. The van der Waals surface area contributed by atoms with Crippen molar-refractivity contribution >= 4 is 17.3 Å². The van der Waals surface area contributed by atoms with E-state index < -0.39 is 22.4 Å². The smallest absolute Gasteiger partial charge is 0.375 e. The number of nitrogens with zero attached hydrogens (tertiary/aromatic N) is 3. The lowest BCUT2D eigenvalue weighted by Gasteiger charge is -2.37. The molecule has 0 bridgehead atoms. The molecule has 0 aromatic heterocycles. The van der Waals surface area contributed by atoms with Crippen molar-refractivity contribution in [3.63, 3.8) is 0 Å². The first-order valence-corrected chi connectivity index (χ1v) is 9.18. The number of nitro groups is 1. The van der Waals surface area contributed by atoms with Gasteiger partial charge in [-0.25, -0.2) is 0 Å². The number of hydrogen-bond donors (Lipinski definition) is 0. The quantitative estimate of drug-likeness (QED) is 0.575. The summed E-state index contributed by atoms with van der Waals surface area (Å²) in [6.07, 6.45) is -3.64. The molecule has 28 heavy (non-hydrogen) atoms. The standard InChI is InChI=1S/C18H22F3N3O4/c1-12-11-23(8-9-28-12)17(25)13-4-6-22(7-5-13)15-3-2-14(18(19,20)21)10-16(15)24(26)27/h2-3,10,12-13H,4-9,11H2,1H3. The maximum atomic E-state index is 12.9. The molecule has 0 spiro atoms. The van der Waals surface area contributed by atoms with Crippen molar-refractivity contribution in [1.29, 1.82) is 0 Å². The van der Waals surface area contributed by atoms with E-state index in [0.717, 1.165) is 12.1 Å². The van der Waals surface area contributed by atoms with E-state index in [4.69, 9.17) is 4.74 Å². The molecule has 0 aliphatic carbocycles. The lowest BCUT2D eigenvalue weighted by atomic mass is 9.94. The summed E-state index contributed by atoms with van der Waals surface area (Å²) in [4.78, 5) is 26.7.